The summed E-state index contributed by atoms with van der Waals surface area (Å²) in [5, 5.41) is 0. The lowest BCUT2D eigenvalue weighted by molar-refractivity contribution is -0.179. The second-order valence-electron chi connectivity index (χ2n) is 6.52. The molecule has 0 amide bonds. The van der Waals surface area contributed by atoms with Crippen LogP contribution in [0.2, 0.25) is 0 Å². The van der Waals surface area contributed by atoms with Crippen LogP contribution in [0.3, 0.4) is 0 Å². The van der Waals surface area contributed by atoms with Crippen molar-refractivity contribution in [2.45, 2.75) is 111 Å². The highest BCUT2D eigenvalue weighted by atomic mass is 16.6. The SMILES string of the molecule is CC.CCCC(CC)OC(C)C(C)(CC)OCC(C)(C)OC. The number of ether oxygens (including phenoxy) is 3. The molecule has 3 unspecified atom stereocenters. The third-order valence-electron chi connectivity index (χ3n) is 4.33. The van der Waals surface area contributed by atoms with Gasteiger partial charge in [-0.15, -0.1) is 0 Å². The average Bonchev–Trinajstić information content (AvgIpc) is 2.53. The van der Waals surface area contributed by atoms with Gasteiger partial charge >= 0.3 is 0 Å². The lowest BCUT2D eigenvalue weighted by atomic mass is 9.95. The van der Waals surface area contributed by atoms with Crippen LogP contribution in [0.5, 0.6) is 0 Å². The van der Waals surface area contributed by atoms with Gasteiger partial charge in [0.05, 0.1) is 30.0 Å². The van der Waals surface area contributed by atoms with Crippen molar-refractivity contribution in [3.63, 3.8) is 0 Å². The largest absolute Gasteiger partial charge is 0.376 e. The molecule has 0 aromatic carbocycles. The quantitative estimate of drug-likeness (QED) is 0.496. The van der Waals surface area contributed by atoms with Gasteiger partial charge in [0.2, 0.25) is 0 Å². The summed E-state index contributed by atoms with van der Waals surface area (Å²) in [5.41, 5.74) is -0.527. The van der Waals surface area contributed by atoms with Gasteiger partial charge in [0.1, 0.15) is 0 Å². The minimum Gasteiger partial charge on any atom is -0.376 e. The Morgan fingerprint density at radius 1 is 1.00 bits per heavy atom. The molecule has 0 aliphatic rings. The van der Waals surface area contributed by atoms with Gasteiger partial charge in [-0.3, -0.25) is 0 Å². The predicted molar refractivity (Wildman–Crippen MR) is 96.6 cm³/mol. The molecular formula is C19H42O3. The Morgan fingerprint density at radius 3 is 1.91 bits per heavy atom. The molecule has 0 aromatic heterocycles. The summed E-state index contributed by atoms with van der Waals surface area (Å²) in [5.74, 6) is 0. The minimum absolute atomic E-state index is 0.0802. The zero-order chi connectivity index (χ0) is 17.8. The van der Waals surface area contributed by atoms with E-state index >= 15 is 0 Å². The van der Waals surface area contributed by atoms with E-state index in [4.69, 9.17) is 14.2 Å². The molecule has 0 saturated heterocycles. The average molecular weight is 319 g/mol. The Kier molecular flexibility index (Phi) is 13.5. The normalized spacial score (nSPS) is 17.2. The lowest BCUT2D eigenvalue weighted by Crippen LogP contribution is -2.46. The van der Waals surface area contributed by atoms with Crippen LogP contribution in [0.25, 0.3) is 0 Å². The molecule has 0 N–H and O–H groups in total. The minimum atomic E-state index is -0.267. The standard InChI is InChI=1S/C17H36O3.C2H6/c1-9-12-15(10-2)20-14(4)17(7,11-3)19-13-16(5,6)18-8;1-2/h14-15H,9-13H2,1-8H3;1-2H3. The van der Waals surface area contributed by atoms with Crippen LogP contribution < -0.4 is 0 Å². The number of methoxy groups -OCH3 is 1. The van der Waals surface area contributed by atoms with E-state index in [1.807, 2.05) is 27.7 Å². The van der Waals surface area contributed by atoms with Crippen molar-refractivity contribution in [2.24, 2.45) is 0 Å². The van der Waals surface area contributed by atoms with Crippen LogP contribution in [-0.4, -0.2) is 37.1 Å². The van der Waals surface area contributed by atoms with E-state index in [1.54, 1.807) is 7.11 Å². The molecule has 0 spiro atoms. The van der Waals surface area contributed by atoms with Gasteiger partial charge in [0, 0.05) is 7.11 Å². The molecule has 3 nitrogen and oxygen atoms in total. The number of hydrogen-bond donors (Lipinski definition) is 0. The van der Waals surface area contributed by atoms with Gasteiger partial charge in [-0.1, -0.05) is 41.0 Å². The van der Waals surface area contributed by atoms with Crippen molar-refractivity contribution in [3.05, 3.63) is 0 Å². The molecule has 0 bridgehead atoms. The molecule has 0 radical (unpaired) electrons. The predicted octanol–water partition coefficient (Wildman–Crippen LogP) is 5.61. The highest BCUT2D eigenvalue weighted by Gasteiger charge is 2.34. The van der Waals surface area contributed by atoms with Gasteiger partial charge in [-0.2, -0.15) is 0 Å². The van der Waals surface area contributed by atoms with Crippen LogP contribution in [0, 0.1) is 0 Å². The lowest BCUT2D eigenvalue weighted by Gasteiger charge is -2.39. The molecule has 0 heterocycles. The molecule has 0 saturated carbocycles. The summed E-state index contributed by atoms with van der Waals surface area (Å²) in [4.78, 5) is 0. The number of rotatable bonds is 11. The van der Waals surface area contributed by atoms with Gasteiger partial charge < -0.3 is 14.2 Å². The van der Waals surface area contributed by atoms with E-state index in [1.165, 1.54) is 0 Å². The molecule has 3 heteroatoms. The summed E-state index contributed by atoms with van der Waals surface area (Å²) in [6.07, 6.45) is 4.67. The van der Waals surface area contributed by atoms with Crippen LogP contribution in [-0.2, 0) is 14.2 Å². The first kappa shape index (κ1) is 24.1. The number of hydrogen-bond acceptors (Lipinski definition) is 3. The highest BCUT2D eigenvalue weighted by Crippen LogP contribution is 2.27. The zero-order valence-corrected chi connectivity index (χ0v) is 16.9. The molecule has 0 aliphatic heterocycles. The Bertz CT molecular complexity index is 253. The van der Waals surface area contributed by atoms with Crippen molar-refractivity contribution in [1.29, 1.82) is 0 Å². The Labute approximate surface area is 140 Å². The maximum atomic E-state index is 6.23. The van der Waals surface area contributed by atoms with Crippen molar-refractivity contribution in [2.75, 3.05) is 13.7 Å². The summed E-state index contributed by atoms with van der Waals surface area (Å²) in [6.45, 7) is 19.5. The molecule has 3 atom stereocenters. The molecule has 0 aliphatic carbocycles. The van der Waals surface area contributed by atoms with Crippen LogP contribution in [0.4, 0.5) is 0 Å². The fourth-order valence-corrected chi connectivity index (χ4v) is 2.03. The first-order valence-corrected chi connectivity index (χ1v) is 9.09. The molecule has 0 fully saturated rings. The molecule has 136 valence electrons. The highest BCUT2D eigenvalue weighted by molar-refractivity contribution is 4.83. The van der Waals surface area contributed by atoms with Gasteiger partial charge in [-0.05, 0) is 47.0 Å². The van der Waals surface area contributed by atoms with E-state index in [2.05, 4.69) is 34.6 Å². The zero-order valence-electron chi connectivity index (χ0n) is 16.9. The van der Waals surface area contributed by atoms with Crippen molar-refractivity contribution in [1.82, 2.24) is 0 Å². The van der Waals surface area contributed by atoms with Crippen LogP contribution in [0.1, 0.15) is 88.0 Å². The van der Waals surface area contributed by atoms with Gasteiger partial charge in [0.15, 0.2) is 0 Å². The first-order chi connectivity index (χ1) is 10.2. The van der Waals surface area contributed by atoms with Crippen LogP contribution in [0.15, 0.2) is 0 Å². The van der Waals surface area contributed by atoms with Crippen molar-refractivity contribution < 1.29 is 14.2 Å². The van der Waals surface area contributed by atoms with Crippen molar-refractivity contribution >= 4 is 0 Å². The monoisotopic (exact) mass is 318 g/mol. The third-order valence-corrected chi connectivity index (χ3v) is 4.33. The maximum Gasteiger partial charge on any atom is 0.0911 e. The Morgan fingerprint density at radius 2 is 1.55 bits per heavy atom. The summed E-state index contributed by atoms with van der Waals surface area (Å²) in [6, 6.07) is 0. The maximum absolute atomic E-state index is 6.23. The van der Waals surface area contributed by atoms with Gasteiger partial charge in [-0.25, -0.2) is 0 Å². The molecule has 0 aromatic rings. The fraction of sp³-hybridized carbons (Fsp3) is 1.00. The smallest absolute Gasteiger partial charge is 0.0911 e. The first-order valence-electron chi connectivity index (χ1n) is 9.09. The van der Waals surface area contributed by atoms with E-state index in [0.717, 1.165) is 25.7 Å². The van der Waals surface area contributed by atoms with Gasteiger partial charge in [0.25, 0.3) is 0 Å². The summed E-state index contributed by atoms with van der Waals surface area (Å²) < 4.78 is 17.8. The Hall–Kier alpha value is -0.120. The van der Waals surface area contributed by atoms with Crippen LogP contribution >= 0.6 is 0 Å². The van der Waals surface area contributed by atoms with Crippen molar-refractivity contribution in [3.8, 4) is 0 Å². The Balaban J connectivity index is 0. The molecule has 0 rings (SSSR count). The molecular weight excluding hydrogens is 276 g/mol. The van der Waals surface area contributed by atoms with E-state index < -0.39 is 0 Å². The van der Waals surface area contributed by atoms with E-state index in [0.29, 0.717) is 12.7 Å². The topological polar surface area (TPSA) is 27.7 Å². The molecule has 22 heavy (non-hydrogen) atoms. The van der Waals surface area contributed by atoms with E-state index in [-0.39, 0.29) is 17.3 Å². The second-order valence-corrected chi connectivity index (χ2v) is 6.52. The third kappa shape index (κ3) is 9.12. The summed E-state index contributed by atoms with van der Waals surface area (Å²) >= 11 is 0. The second kappa shape index (κ2) is 12.3. The van der Waals surface area contributed by atoms with E-state index in [9.17, 15) is 0 Å². The summed E-state index contributed by atoms with van der Waals surface area (Å²) in [7, 11) is 1.72. The fourth-order valence-electron chi connectivity index (χ4n) is 2.03.